The molecule has 10 nitrogen and oxygen atoms in total. The number of nitrogens with one attached hydrogen (secondary N) is 4. The van der Waals surface area contributed by atoms with E-state index in [2.05, 4.69) is 21.3 Å². The first-order chi connectivity index (χ1) is 18.0. The molecule has 0 aromatic heterocycles. The second-order valence-corrected chi connectivity index (χ2v) is 9.52. The molecule has 4 amide bonds. The van der Waals surface area contributed by atoms with Gasteiger partial charge in [-0.05, 0) is 36.1 Å². The Balaban J connectivity index is 2.12. The maximum absolute atomic E-state index is 13.0. The standard InChI is InChI=1S/C28H36N4O6/c1-17(2)25(16-33)32-28(38)24(14-20-8-6-5-7-9-20)31-26(36)18(3)29-27(37)23(30-19(4)34)15-21-10-12-22(35)13-11-21/h5-13,16-18,23-25,35H,14-15H2,1-4H3,(H,29,37)(H,30,34)(H,31,36)(H,32,38)/t18-,23-,24-,25?/m0/s1. The Bertz CT molecular complexity index is 1100. The monoisotopic (exact) mass is 524 g/mol. The molecule has 2 aromatic carbocycles. The van der Waals surface area contributed by atoms with Crippen LogP contribution in [0.5, 0.6) is 5.75 Å². The molecule has 1 unspecified atom stereocenters. The number of aldehydes is 1. The van der Waals surface area contributed by atoms with Crippen LogP contribution >= 0.6 is 0 Å². The van der Waals surface area contributed by atoms with Crippen LogP contribution in [0.1, 0.15) is 38.8 Å². The lowest BCUT2D eigenvalue weighted by atomic mass is 10.0. The highest BCUT2D eigenvalue weighted by atomic mass is 16.3. The summed E-state index contributed by atoms with van der Waals surface area (Å²) >= 11 is 0. The minimum absolute atomic E-state index is 0.0709. The van der Waals surface area contributed by atoms with Gasteiger partial charge in [-0.3, -0.25) is 19.2 Å². The van der Waals surface area contributed by atoms with Crippen LogP contribution < -0.4 is 21.3 Å². The molecule has 204 valence electrons. The fourth-order valence-electron chi connectivity index (χ4n) is 3.68. The van der Waals surface area contributed by atoms with E-state index in [1.165, 1.54) is 26.0 Å². The number of carbonyl (C=O) groups is 5. The molecule has 0 bridgehead atoms. The second kappa shape index (κ2) is 14.5. The van der Waals surface area contributed by atoms with E-state index in [1.807, 2.05) is 30.3 Å². The summed E-state index contributed by atoms with van der Waals surface area (Å²) in [4.78, 5) is 62.1. The lowest BCUT2D eigenvalue weighted by molar-refractivity contribution is -0.133. The van der Waals surface area contributed by atoms with E-state index in [0.29, 0.717) is 11.8 Å². The lowest BCUT2D eigenvalue weighted by Crippen LogP contribution is -2.57. The highest BCUT2D eigenvalue weighted by molar-refractivity contribution is 5.94. The van der Waals surface area contributed by atoms with Gasteiger partial charge in [0.2, 0.25) is 23.6 Å². The van der Waals surface area contributed by atoms with Crippen LogP contribution in [0.15, 0.2) is 54.6 Å². The van der Waals surface area contributed by atoms with Gasteiger partial charge < -0.3 is 31.2 Å². The number of aromatic hydroxyl groups is 1. The maximum Gasteiger partial charge on any atom is 0.243 e. The van der Waals surface area contributed by atoms with Crippen molar-refractivity contribution < 1.29 is 29.1 Å². The molecule has 0 fully saturated rings. The van der Waals surface area contributed by atoms with E-state index in [-0.39, 0.29) is 24.5 Å². The first-order valence-corrected chi connectivity index (χ1v) is 12.5. The van der Waals surface area contributed by atoms with Gasteiger partial charge in [-0.25, -0.2) is 0 Å². The van der Waals surface area contributed by atoms with Crippen molar-refractivity contribution in [2.24, 2.45) is 5.92 Å². The van der Waals surface area contributed by atoms with Gasteiger partial charge in [0.15, 0.2) is 0 Å². The van der Waals surface area contributed by atoms with Gasteiger partial charge in [0.25, 0.3) is 0 Å². The van der Waals surface area contributed by atoms with E-state index in [1.54, 1.807) is 26.0 Å². The van der Waals surface area contributed by atoms with Crippen LogP contribution in [0.4, 0.5) is 0 Å². The smallest absolute Gasteiger partial charge is 0.243 e. The van der Waals surface area contributed by atoms with Crippen molar-refractivity contribution in [3.8, 4) is 5.75 Å². The average molecular weight is 525 g/mol. The topological polar surface area (TPSA) is 154 Å². The van der Waals surface area contributed by atoms with Crippen molar-refractivity contribution in [3.05, 3.63) is 65.7 Å². The first kappa shape index (κ1) is 30.0. The van der Waals surface area contributed by atoms with E-state index in [0.717, 1.165) is 5.56 Å². The highest BCUT2D eigenvalue weighted by Crippen LogP contribution is 2.12. The summed E-state index contributed by atoms with van der Waals surface area (Å²) in [5.41, 5.74) is 1.50. The fraction of sp³-hybridized carbons (Fsp3) is 0.393. The van der Waals surface area contributed by atoms with E-state index in [9.17, 15) is 29.1 Å². The molecule has 38 heavy (non-hydrogen) atoms. The Morgan fingerprint density at radius 3 is 1.79 bits per heavy atom. The van der Waals surface area contributed by atoms with Gasteiger partial charge in [-0.15, -0.1) is 0 Å². The van der Waals surface area contributed by atoms with Crippen LogP contribution in [0.2, 0.25) is 0 Å². The first-order valence-electron chi connectivity index (χ1n) is 12.5. The normalized spacial score (nSPS) is 13.9. The molecule has 0 saturated carbocycles. The van der Waals surface area contributed by atoms with Gasteiger partial charge in [0.05, 0.1) is 6.04 Å². The van der Waals surface area contributed by atoms with Crippen LogP contribution in [0, 0.1) is 5.92 Å². The number of phenols is 1. The molecular formula is C28H36N4O6. The summed E-state index contributed by atoms with van der Waals surface area (Å²) < 4.78 is 0. The molecule has 0 aliphatic rings. The van der Waals surface area contributed by atoms with Crippen molar-refractivity contribution in [2.75, 3.05) is 0 Å². The van der Waals surface area contributed by atoms with Gasteiger partial charge in [-0.1, -0.05) is 56.3 Å². The summed E-state index contributed by atoms with van der Waals surface area (Å²) in [6, 6.07) is 11.6. The Morgan fingerprint density at radius 1 is 0.737 bits per heavy atom. The van der Waals surface area contributed by atoms with Crippen molar-refractivity contribution in [3.63, 3.8) is 0 Å². The summed E-state index contributed by atoms with van der Waals surface area (Å²) in [5.74, 6) is -2.19. The molecule has 0 radical (unpaired) electrons. The van der Waals surface area contributed by atoms with Gasteiger partial charge in [0.1, 0.15) is 30.2 Å². The van der Waals surface area contributed by atoms with Crippen LogP contribution in [-0.2, 0) is 36.8 Å². The third-order valence-corrected chi connectivity index (χ3v) is 5.91. The number of carbonyl (C=O) groups excluding carboxylic acids is 5. The number of amides is 4. The second-order valence-electron chi connectivity index (χ2n) is 9.52. The van der Waals surface area contributed by atoms with Crippen LogP contribution in [0.3, 0.4) is 0 Å². The van der Waals surface area contributed by atoms with Crippen molar-refractivity contribution >= 4 is 29.9 Å². The van der Waals surface area contributed by atoms with Gasteiger partial charge in [0, 0.05) is 19.8 Å². The molecule has 5 N–H and O–H groups in total. The quantitative estimate of drug-likeness (QED) is 0.247. The van der Waals surface area contributed by atoms with Crippen molar-refractivity contribution in [1.82, 2.24) is 21.3 Å². The zero-order valence-corrected chi connectivity index (χ0v) is 22.1. The number of rotatable bonds is 13. The molecule has 0 aliphatic heterocycles. The SMILES string of the molecule is CC(=O)N[C@@H](Cc1ccc(O)cc1)C(=O)N[C@@H](C)C(=O)N[C@@H](Cc1ccccc1)C(=O)NC(C=O)C(C)C. The largest absolute Gasteiger partial charge is 0.508 e. The molecule has 4 atom stereocenters. The van der Waals surface area contributed by atoms with E-state index < -0.39 is 47.8 Å². The summed E-state index contributed by atoms with van der Waals surface area (Å²) in [7, 11) is 0. The molecule has 0 heterocycles. The molecule has 0 aliphatic carbocycles. The molecule has 0 spiro atoms. The third kappa shape index (κ3) is 9.68. The van der Waals surface area contributed by atoms with Crippen molar-refractivity contribution in [1.29, 1.82) is 0 Å². The zero-order chi connectivity index (χ0) is 28.2. The number of hydrogen-bond donors (Lipinski definition) is 5. The van der Waals surface area contributed by atoms with E-state index >= 15 is 0 Å². The van der Waals surface area contributed by atoms with Crippen LogP contribution in [0.25, 0.3) is 0 Å². The number of benzene rings is 2. The third-order valence-electron chi connectivity index (χ3n) is 5.91. The molecular weight excluding hydrogens is 488 g/mol. The minimum atomic E-state index is -1.03. The minimum Gasteiger partial charge on any atom is -0.508 e. The predicted molar refractivity (Wildman–Crippen MR) is 142 cm³/mol. The summed E-state index contributed by atoms with van der Waals surface area (Å²) in [6.45, 7) is 6.35. The predicted octanol–water partition coefficient (Wildman–Crippen LogP) is 1.01. The molecule has 0 saturated heterocycles. The molecule has 2 rings (SSSR count). The van der Waals surface area contributed by atoms with Crippen molar-refractivity contribution in [2.45, 2.75) is 64.7 Å². The molecule has 2 aromatic rings. The maximum atomic E-state index is 13.0. The zero-order valence-electron chi connectivity index (χ0n) is 22.1. The highest BCUT2D eigenvalue weighted by Gasteiger charge is 2.28. The van der Waals surface area contributed by atoms with Gasteiger partial charge >= 0.3 is 0 Å². The summed E-state index contributed by atoms with van der Waals surface area (Å²) in [5, 5.41) is 20.0. The number of phenolic OH excluding ortho intramolecular Hbond substituents is 1. The fourth-order valence-corrected chi connectivity index (χ4v) is 3.68. The van der Waals surface area contributed by atoms with Crippen LogP contribution in [-0.4, -0.2) is 59.2 Å². The summed E-state index contributed by atoms with van der Waals surface area (Å²) in [6.07, 6.45) is 0.975. The Kier molecular flexibility index (Phi) is 11.5. The Labute approximate surface area is 222 Å². The Morgan fingerprint density at radius 2 is 1.26 bits per heavy atom. The van der Waals surface area contributed by atoms with E-state index in [4.69, 9.17) is 0 Å². The average Bonchev–Trinajstić information content (AvgIpc) is 2.87. The number of hydrogen-bond acceptors (Lipinski definition) is 6. The van der Waals surface area contributed by atoms with Gasteiger partial charge in [-0.2, -0.15) is 0 Å². The lowest BCUT2D eigenvalue weighted by Gasteiger charge is -2.25. The molecule has 10 heteroatoms. The Hall–Kier alpha value is -4.21.